The van der Waals surface area contributed by atoms with Crippen molar-refractivity contribution in [2.45, 2.75) is 81.2 Å². The van der Waals surface area contributed by atoms with E-state index in [1.165, 1.54) is 32.4 Å². The molecule has 5 nitrogen and oxygen atoms in total. The molecule has 0 radical (unpaired) electrons. The SMILES string of the molecule is C.C=CC.C=O.CC.CC.CC(=O)O.CCNCCC1CCCN1. The number of carbonyl (C=O) groups is 2. The van der Waals surface area contributed by atoms with Gasteiger partial charge in [0.05, 0.1) is 0 Å². The van der Waals surface area contributed by atoms with Gasteiger partial charge in [0.1, 0.15) is 6.79 Å². The van der Waals surface area contributed by atoms with Crippen molar-refractivity contribution in [3.8, 4) is 0 Å². The fourth-order valence-electron chi connectivity index (χ4n) is 1.46. The molecule has 3 N–H and O–H groups in total. The first kappa shape index (κ1) is 38.4. The Morgan fingerprint density at radius 1 is 1.29 bits per heavy atom. The van der Waals surface area contributed by atoms with Crippen molar-refractivity contribution >= 4 is 12.8 Å². The molecule has 0 amide bonds. The van der Waals surface area contributed by atoms with E-state index in [0.717, 1.165) is 19.5 Å². The number of hydrogen-bond donors (Lipinski definition) is 3. The van der Waals surface area contributed by atoms with Crippen molar-refractivity contribution < 1.29 is 14.7 Å². The predicted molar refractivity (Wildman–Crippen MR) is 110 cm³/mol. The van der Waals surface area contributed by atoms with Crippen LogP contribution in [0, 0.1) is 0 Å². The summed E-state index contributed by atoms with van der Waals surface area (Å²) in [6, 6.07) is 0.805. The Balaban J connectivity index is -0.0000000493. The minimum absolute atomic E-state index is 0. The van der Waals surface area contributed by atoms with Gasteiger partial charge in [-0.05, 0) is 45.8 Å². The summed E-state index contributed by atoms with van der Waals surface area (Å²) in [5.41, 5.74) is 0. The number of aliphatic carboxylic acids is 1. The topological polar surface area (TPSA) is 78.4 Å². The van der Waals surface area contributed by atoms with E-state index in [1.54, 1.807) is 6.08 Å². The molecule has 1 heterocycles. The van der Waals surface area contributed by atoms with Crippen LogP contribution in [0.1, 0.15) is 75.2 Å². The van der Waals surface area contributed by atoms with Crippen LogP contribution in [0.2, 0.25) is 0 Å². The van der Waals surface area contributed by atoms with Crippen molar-refractivity contribution in [2.75, 3.05) is 19.6 Å². The summed E-state index contributed by atoms with van der Waals surface area (Å²) < 4.78 is 0. The second kappa shape index (κ2) is 49.5. The van der Waals surface area contributed by atoms with E-state index in [1.807, 2.05) is 41.4 Å². The Morgan fingerprint density at radius 3 is 1.92 bits per heavy atom. The van der Waals surface area contributed by atoms with Gasteiger partial charge in [-0.25, -0.2) is 0 Å². The molecule has 5 heteroatoms. The van der Waals surface area contributed by atoms with Gasteiger partial charge in [-0.3, -0.25) is 4.79 Å². The lowest BCUT2D eigenvalue weighted by atomic mass is 10.1. The summed E-state index contributed by atoms with van der Waals surface area (Å²) in [4.78, 5) is 17.0. The number of rotatable bonds is 4. The minimum atomic E-state index is -0.833. The molecule has 150 valence electrons. The molecular weight excluding hydrogens is 304 g/mol. The molecule has 0 spiro atoms. The van der Waals surface area contributed by atoms with E-state index < -0.39 is 5.97 Å². The van der Waals surface area contributed by atoms with Gasteiger partial charge < -0.3 is 20.5 Å². The van der Waals surface area contributed by atoms with Gasteiger partial charge in [-0.2, -0.15) is 0 Å². The Labute approximate surface area is 152 Å². The number of allylic oxidation sites excluding steroid dienone is 1. The summed E-state index contributed by atoms with van der Waals surface area (Å²) in [5.74, 6) is -0.833. The quantitative estimate of drug-likeness (QED) is 0.513. The number of carboxylic acids is 1. The molecule has 1 fully saturated rings. The largest absolute Gasteiger partial charge is 0.481 e. The van der Waals surface area contributed by atoms with E-state index in [4.69, 9.17) is 14.7 Å². The molecule has 0 aromatic rings. The first-order valence-corrected chi connectivity index (χ1v) is 8.57. The molecule has 24 heavy (non-hydrogen) atoms. The highest BCUT2D eigenvalue weighted by Crippen LogP contribution is 2.07. The molecular formula is C19H46N2O3. The Hall–Kier alpha value is -1.20. The zero-order chi connectivity index (χ0) is 19.5. The highest BCUT2D eigenvalue weighted by Gasteiger charge is 2.12. The third kappa shape index (κ3) is 69.9. The molecule has 1 aliphatic rings. The lowest BCUT2D eigenvalue weighted by molar-refractivity contribution is -0.134. The standard InChI is InChI=1S/C8H18N2.C3H6.C2H4O2.2C2H6.CH2O.CH4/c1-2-9-7-5-8-4-3-6-10-8;1-3-2;1-2(3)4;3*1-2;/h8-10H,2-7H2,1H3;3H,1H2,2H3;1H3,(H,3,4);2*1-2H3;1H2;1H4. The molecule has 0 saturated carbocycles. The Kier molecular flexibility index (Phi) is 79.2. The van der Waals surface area contributed by atoms with Crippen LogP contribution in [0.4, 0.5) is 0 Å². The number of carbonyl (C=O) groups excluding carboxylic acids is 1. The smallest absolute Gasteiger partial charge is 0.300 e. The third-order valence-corrected chi connectivity index (χ3v) is 2.08. The average molecular weight is 351 g/mol. The molecule has 1 unspecified atom stereocenters. The molecule has 0 aliphatic carbocycles. The summed E-state index contributed by atoms with van der Waals surface area (Å²) in [6.07, 6.45) is 5.80. The fourth-order valence-corrected chi connectivity index (χ4v) is 1.46. The summed E-state index contributed by atoms with van der Waals surface area (Å²) in [6.45, 7) is 22.0. The van der Waals surface area contributed by atoms with Crippen LogP contribution in [0.3, 0.4) is 0 Å². The van der Waals surface area contributed by atoms with Gasteiger partial charge in [0.15, 0.2) is 0 Å². The van der Waals surface area contributed by atoms with Gasteiger partial charge in [0.2, 0.25) is 0 Å². The van der Waals surface area contributed by atoms with Crippen LogP contribution in [-0.4, -0.2) is 43.5 Å². The minimum Gasteiger partial charge on any atom is -0.481 e. The number of nitrogens with one attached hydrogen (secondary N) is 2. The zero-order valence-corrected chi connectivity index (χ0v) is 16.6. The maximum absolute atomic E-state index is 9.00. The van der Waals surface area contributed by atoms with Crippen LogP contribution in [-0.2, 0) is 9.59 Å². The summed E-state index contributed by atoms with van der Waals surface area (Å²) >= 11 is 0. The van der Waals surface area contributed by atoms with Crippen molar-refractivity contribution in [2.24, 2.45) is 0 Å². The van der Waals surface area contributed by atoms with E-state index in [-0.39, 0.29) is 7.43 Å². The van der Waals surface area contributed by atoms with E-state index >= 15 is 0 Å². The molecule has 1 rings (SSSR count). The summed E-state index contributed by atoms with van der Waals surface area (Å²) in [7, 11) is 0. The van der Waals surface area contributed by atoms with Crippen molar-refractivity contribution in [3.05, 3.63) is 12.7 Å². The third-order valence-electron chi connectivity index (χ3n) is 2.08. The predicted octanol–water partition coefficient (Wildman–Crippen LogP) is 4.52. The Morgan fingerprint density at radius 2 is 1.67 bits per heavy atom. The first-order valence-electron chi connectivity index (χ1n) is 8.57. The molecule has 1 aliphatic heterocycles. The van der Waals surface area contributed by atoms with Gasteiger partial charge in [0, 0.05) is 13.0 Å². The zero-order valence-electron chi connectivity index (χ0n) is 16.6. The van der Waals surface area contributed by atoms with Crippen molar-refractivity contribution in [1.82, 2.24) is 10.6 Å². The van der Waals surface area contributed by atoms with E-state index in [2.05, 4.69) is 24.1 Å². The van der Waals surface area contributed by atoms with Crippen molar-refractivity contribution in [3.63, 3.8) is 0 Å². The lowest BCUT2D eigenvalue weighted by Crippen LogP contribution is -2.26. The molecule has 0 aromatic carbocycles. The highest BCUT2D eigenvalue weighted by molar-refractivity contribution is 5.62. The fraction of sp³-hybridized carbons (Fsp3) is 0.789. The first-order chi connectivity index (χ1) is 11.1. The second-order valence-corrected chi connectivity index (χ2v) is 3.86. The van der Waals surface area contributed by atoms with Crippen LogP contribution in [0.5, 0.6) is 0 Å². The van der Waals surface area contributed by atoms with Gasteiger partial charge in [-0.1, -0.05) is 48.1 Å². The average Bonchev–Trinajstić information content (AvgIpc) is 3.07. The second-order valence-electron chi connectivity index (χ2n) is 3.86. The van der Waals surface area contributed by atoms with Crippen LogP contribution in [0.15, 0.2) is 12.7 Å². The maximum atomic E-state index is 9.00. The van der Waals surface area contributed by atoms with Gasteiger partial charge in [0.25, 0.3) is 5.97 Å². The normalized spacial score (nSPS) is 12.9. The molecule has 0 aromatic heterocycles. The van der Waals surface area contributed by atoms with Crippen molar-refractivity contribution in [1.29, 1.82) is 0 Å². The highest BCUT2D eigenvalue weighted by atomic mass is 16.4. The molecule has 1 atom stereocenters. The Bertz CT molecular complexity index is 191. The van der Waals surface area contributed by atoms with Gasteiger partial charge in [-0.15, -0.1) is 6.58 Å². The monoisotopic (exact) mass is 350 g/mol. The van der Waals surface area contributed by atoms with Crippen LogP contribution >= 0.6 is 0 Å². The molecule has 0 bridgehead atoms. The van der Waals surface area contributed by atoms with Crippen LogP contribution < -0.4 is 10.6 Å². The van der Waals surface area contributed by atoms with Crippen LogP contribution in [0.25, 0.3) is 0 Å². The van der Waals surface area contributed by atoms with E-state index in [0.29, 0.717) is 0 Å². The van der Waals surface area contributed by atoms with Gasteiger partial charge >= 0.3 is 0 Å². The molecule has 1 saturated heterocycles. The number of carboxylic acid groups (broad SMARTS) is 1. The lowest BCUT2D eigenvalue weighted by Gasteiger charge is -2.08. The number of hydrogen-bond acceptors (Lipinski definition) is 4. The maximum Gasteiger partial charge on any atom is 0.300 e. The summed E-state index contributed by atoms with van der Waals surface area (Å²) in [5, 5.41) is 14.2. The van der Waals surface area contributed by atoms with E-state index in [9.17, 15) is 0 Å².